The van der Waals surface area contributed by atoms with Crippen molar-refractivity contribution in [2.45, 2.75) is 18.6 Å². The third-order valence-electron chi connectivity index (χ3n) is 3.36. The number of nitrogens with two attached hydrogens (primary N) is 1. The molecule has 2 aromatic carbocycles. The largest absolute Gasteiger partial charge is 0.485 e. The van der Waals surface area contributed by atoms with Crippen molar-refractivity contribution >= 4 is 27.5 Å². The van der Waals surface area contributed by atoms with Crippen molar-refractivity contribution in [3.8, 4) is 5.75 Å². The Labute approximate surface area is 125 Å². The molecule has 4 heteroatoms. The first-order valence-corrected chi connectivity index (χ1v) is 7.28. The van der Waals surface area contributed by atoms with Crippen LogP contribution in [0.4, 0.5) is 0 Å². The second kappa shape index (κ2) is 5.16. The zero-order chi connectivity index (χ0) is 13.4. The summed E-state index contributed by atoms with van der Waals surface area (Å²) in [5.74, 6) is 0.840. The molecule has 2 nitrogen and oxygen atoms in total. The highest BCUT2D eigenvalue weighted by molar-refractivity contribution is 9.10. The van der Waals surface area contributed by atoms with Crippen LogP contribution >= 0.6 is 27.5 Å². The van der Waals surface area contributed by atoms with Gasteiger partial charge in [-0.1, -0.05) is 45.7 Å². The van der Waals surface area contributed by atoms with Gasteiger partial charge in [0.2, 0.25) is 0 Å². The van der Waals surface area contributed by atoms with Gasteiger partial charge in [0.25, 0.3) is 0 Å². The number of fused-ring (bicyclic) bond motifs is 1. The van der Waals surface area contributed by atoms with Crippen LogP contribution in [-0.4, -0.2) is 0 Å². The second-order valence-corrected chi connectivity index (χ2v) is 5.98. The highest BCUT2D eigenvalue weighted by atomic mass is 79.9. The number of hydrogen-bond acceptors (Lipinski definition) is 2. The van der Waals surface area contributed by atoms with Crippen LogP contribution in [0.1, 0.15) is 29.7 Å². The summed E-state index contributed by atoms with van der Waals surface area (Å²) in [6.07, 6.45) is 0.644. The minimum atomic E-state index is -0.0858. The van der Waals surface area contributed by atoms with Crippen molar-refractivity contribution in [2.24, 2.45) is 5.73 Å². The average Bonchev–Trinajstić information content (AvgIpc) is 2.40. The van der Waals surface area contributed by atoms with Crippen LogP contribution in [0.2, 0.25) is 5.02 Å². The van der Waals surface area contributed by atoms with E-state index in [0.717, 1.165) is 32.8 Å². The van der Waals surface area contributed by atoms with Crippen molar-refractivity contribution in [1.29, 1.82) is 0 Å². The van der Waals surface area contributed by atoms with Gasteiger partial charge < -0.3 is 10.5 Å². The molecule has 0 amide bonds. The summed E-state index contributed by atoms with van der Waals surface area (Å²) >= 11 is 9.69. The molecule has 0 bridgehead atoms. The smallest absolute Gasteiger partial charge is 0.127 e. The summed E-state index contributed by atoms with van der Waals surface area (Å²) in [5.41, 5.74) is 8.28. The normalized spacial score (nSPS) is 21.6. The molecular weight excluding hydrogens is 326 g/mol. The number of benzene rings is 2. The van der Waals surface area contributed by atoms with Crippen LogP contribution in [0, 0.1) is 0 Å². The zero-order valence-corrected chi connectivity index (χ0v) is 12.5. The molecule has 3 rings (SSSR count). The van der Waals surface area contributed by atoms with Gasteiger partial charge in [0.15, 0.2) is 0 Å². The van der Waals surface area contributed by atoms with Gasteiger partial charge in [0.1, 0.15) is 11.9 Å². The lowest BCUT2D eigenvalue weighted by Crippen LogP contribution is -2.24. The first kappa shape index (κ1) is 13.0. The fraction of sp³-hybridized carbons (Fsp3) is 0.200. The van der Waals surface area contributed by atoms with E-state index in [1.165, 1.54) is 0 Å². The van der Waals surface area contributed by atoms with E-state index in [9.17, 15) is 0 Å². The van der Waals surface area contributed by atoms with E-state index in [1.807, 2.05) is 42.5 Å². The van der Waals surface area contributed by atoms with E-state index in [-0.39, 0.29) is 12.1 Å². The maximum atomic E-state index is 6.25. The summed E-state index contributed by atoms with van der Waals surface area (Å²) in [5, 5.41) is 0.722. The van der Waals surface area contributed by atoms with E-state index in [0.29, 0.717) is 0 Å². The molecule has 0 saturated carbocycles. The number of ether oxygens (including phenoxy) is 1. The maximum Gasteiger partial charge on any atom is 0.127 e. The predicted octanol–water partition coefficient (Wildman–Crippen LogP) is 4.63. The molecule has 1 aliphatic rings. The molecule has 0 saturated heterocycles. The maximum absolute atomic E-state index is 6.25. The van der Waals surface area contributed by atoms with Crippen molar-refractivity contribution in [1.82, 2.24) is 0 Å². The second-order valence-electron chi connectivity index (χ2n) is 4.65. The molecule has 98 valence electrons. The molecule has 1 heterocycles. The summed E-state index contributed by atoms with van der Waals surface area (Å²) in [4.78, 5) is 0. The van der Waals surface area contributed by atoms with E-state index in [4.69, 9.17) is 22.1 Å². The van der Waals surface area contributed by atoms with Gasteiger partial charge in [-0.2, -0.15) is 0 Å². The molecule has 2 atom stereocenters. The van der Waals surface area contributed by atoms with Crippen molar-refractivity contribution < 1.29 is 4.74 Å². The minimum Gasteiger partial charge on any atom is -0.485 e. The Balaban J connectivity index is 1.97. The highest BCUT2D eigenvalue weighted by Gasteiger charge is 2.28. The topological polar surface area (TPSA) is 35.2 Å². The lowest BCUT2D eigenvalue weighted by atomic mass is 9.93. The Morgan fingerprint density at radius 2 is 1.95 bits per heavy atom. The van der Waals surface area contributed by atoms with E-state index >= 15 is 0 Å². The molecule has 0 aliphatic carbocycles. The van der Waals surface area contributed by atoms with Crippen LogP contribution in [0.3, 0.4) is 0 Å². The Kier molecular flexibility index (Phi) is 3.52. The van der Waals surface area contributed by atoms with Gasteiger partial charge in [-0.3, -0.25) is 0 Å². The molecule has 0 spiro atoms. The quantitative estimate of drug-likeness (QED) is 0.823. The van der Waals surface area contributed by atoms with Crippen LogP contribution in [-0.2, 0) is 0 Å². The van der Waals surface area contributed by atoms with Gasteiger partial charge in [-0.25, -0.2) is 0 Å². The standard InChI is InChI=1S/C15H13BrClNO/c16-9-5-6-14-11(7-9)13(18)8-15(19-14)10-3-1-2-4-12(10)17/h1-7,13,15H,8,18H2/t13-,15?/m0/s1. The SMILES string of the molecule is N[C@H]1CC(c2ccccc2Cl)Oc2ccc(Br)cc21. The summed E-state index contributed by atoms with van der Waals surface area (Å²) in [7, 11) is 0. The van der Waals surface area contributed by atoms with Crippen LogP contribution in [0.5, 0.6) is 5.75 Å². The lowest BCUT2D eigenvalue weighted by molar-refractivity contribution is 0.161. The molecule has 1 unspecified atom stereocenters. The van der Waals surface area contributed by atoms with Crippen molar-refractivity contribution in [3.63, 3.8) is 0 Å². The Bertz CT molecular complexity index is 617. The summed E-state index contributed by atoms with van der Waals surface area (Å²) in [6.45, 7) is 0. The third kappa shape index (κ3) is 2.50. The van der Waals surface area contributed by atoms with Gasteiger partial charge >= 0.3 is 0 Å². The number of hydrogen-bond donors (Lipinski definition) is 1. The Hall–Kier alpha value is -1.03. The molecule has 2 N–H and O–H groups in total. The molecule has 0 aromatic heterocycles. The summed E-state index contributed by atoms with van der Waals surface area (Å²) < 4.78 is 7.05. The molecule has 19 heavy (non-hydrogen) atoms. The predicted molar refractivity (Wildman–Crippen MR) is 80.5 cm³/mol. The van der Waals surface area contributed by atoms with Gasteiger partial charge in [0.05, 0.1) is 0 Å². The third-order valence-corrected chi connectivity index (χ3v) is 4.20. The molecule has 1 aliphatic heterocycles. The highest BCUT2D eigenvalue weighted by Crippen LogP contribution is 2.42. The monoisotopic (exact) mass is 337 g/mol. The lowest BCUT2D eigenvalue weighted by Gasteiger charge is -2.31. The van der Waals surface area contributed by atoms with Crippen molar-refractivity contribution in [2.75, 3.05) is 0 Å². The van der Waals surface area contributed by atoms with E-state index in [2.05, 4.69) is 15.9 Å². The molecule has 0 radical (unpaired) electrons. The molecule has 2 aromatic rings. The van der Waals surface area contributed by atoms with E-state index in [1.54, 1.807) is 0 Å². The molecular formula is C15H13BrClNO. The Morgan fingerprint density at radius 3 is 2.74 bits per heavy atom. The first-order valence-electron chi connectivity index (χ1n) is 6.11. The summed E-state index contributed by atoms with van der Waals surface area (Å²) in [6, 6.07) is 13.6. The first-order chi connectivity index (χ1) is 9.15. The van der Waals surface area contributed by atoms with Crippen LogP contribution in [0.25, 0.3) is 0 Å². The van der Waals surface area contributed by atoms with Gasteiger partial charge in [0, 0.05) is 33.1 Å². The minimum absolute atomic E-state index is 0.0393. The zero-order valence-electron chi connectivity index (χ0n) is 10.1. The fourth-order valence-electron chi connectivity index (χ4n) is 2.40. The van der Waals surface area contributed by atoms with Crippen LogP contribution < -0.4 is 10.5 Å². The van der Waals surface area contributed by atoms with Crippen LogP contribution in [0.15, 0.2) is 46.9 Å². The van der Waals surface area contributed by atoms with Gasteiger partial charge in [-0.05, 0) is 24.3 Å². The van der Waals surface area contributed by atoms with E-state index < -0.39 is 0 Å². The van der Waals surface area contributed by atoms with Gasteiger partial charge in [-0.15, -0.1) is 0 Å². The number of rotatable bonds is 1. The number of halogens is 2. The fourth-order valence-corrected chi connectivity index (χ4v) is 3.04. The molecule has 0 fully saturated rings. The average molecular weight is 339 g/mol. The van der Waals surface area contributed by atoms with Crippen molar-refractivity contribution in [3.05, 3.63) is 63.1 Å². The Morgan fingerprint density at radius 1 is 1.16 bits per heavy atom.